The number of alkyl carbamates (subject to hydrolysis) is 1. The first-order chi connectivity index (χ1) is 12.0. The number of hydrogen-bond acceptors (Lipinski definition) is 4. The lowest BCUT2D eigenvalue weighted by Gasteiger charge is -2.36. The maximum atomic E-state index is 11.8. The summed E-state index contributed by atoms with van der Waals surface area (Å²) in [6.45, 7) is 5.25. The monoisotopic (exact) mass is 342 g/mol. The molecule has 0 bridgehead atoms. The minimum atomic E-state index is -0.341. The van der Waals surface area contributed by atoms with Gasteiger partial charge < -0.3 is 15.4 Å². The van der Waals surface area contributed by atoms with Gasteiger partial charge in [0.1, 0.15) is 6.61 Å². The molecule has 1 aliphatic carbocycles. The first kappa shape index (κ1) is 17.5. The zero-order valence-electron chi connectivity index (χ0n) is 15.1. The second-order valence-corrected chi connectivity index (χ2v) is 6.73. The van der Waals surface area contributed by atoms with Crippen LogP contribution in [-0.4, -0.2) is 28.0 Å². The highest BCUT2D eigenvalue weighted by atomic mass is 16.5. The number of nitrogens with one attached hydrogen (secondary N) is 2. The van der Waals surface area contributed by atoms with Crippen LogP contribution in [0.2, 0.25) is 0 Å². The predicted octanol–water partition coefficient (Wildman–Crippen LogP) is 2.58. The molecular weight excluding hydrogens is 316 g/mol. The van der Waals surface area contributed by atoms with Gasteiger partial charge in [-0.15, -0.1) is 0 Å². The third-order valence-corrected chi connectivity index (χ3v) is 4.90. The number of rotatable bonds is 6. The van der Waals surface area contributed by atoms with E-state index in [1.807, 2.05) is 49.0 Å². The van der Waals surface area contributed by atoms with Crippen molar-refractivity contribution in [3.63, 3.8) is 0 Å². The number of amides is 1. The van der Waals surface area contributed by atoms with Gasteiger partial charge in [-0.05, 0) is 32.3 Å². The molecule has 0 radical (unpaired) electrons. The Morgan fingerprint density at radius 3 is 2.60 bits per heavy atom. The highest BCUT2D eigenvalue weighted by Crippen LogP contribution is 2.21. The van der Waals surface area contributed by atoms with Gasteiger partial charge in [0.05, 0.1) is 5.69 Å². The summed E-state index contributed by atoms with van der Waals surface area (Å²) in [7, 11) is 1.97. The Kier molecular flexibility index (Phi) is 5.38. The zero-order valence-corrected chi connectivity index (χ0v) is 15.1. The van der Waals surface area contributed by atoms with Crippen molar-refractivity contribution in [1.29, 1.82) is 0 Å². The molecule has 1 saturated carbocycles. The van der Waals surface area contributed by atoms with Gasteiger partial charge in [0.25, 0.3) is 0 Å². The Labute approximate surface area is 148 Å². The van der Waals surface area contributed by atoms with Gasteiger partial charge in [0.15, 0.2) is 0 Å². The van der Waals surface area contributed by atoms with Crippen LogP contribution in [0, 0.1) is 13.8 Å². The number of aromatic nitrogens is 2. The third-order valence-electron chi connectivity index (χ3n) is 4.90. The number of hydrogen-bond donors (Lipinski definition) is 2. The Morgan fingerprint density at radius 2 is 1.96 bits per heavy atom. The molecule has 0 saturated heterocycles. The van der Waals surface area contributed by atoms with E-state index in [0.717, 1.165) is 30.6 Å². The molecule has 3 rings (SSSR count). The van der Waals surface area contributed by atoms with Crippen LogP contribution in [-0.2, 0) is 24.9 Å². The Bertz CT molecular complexity index is 721. The van der Waals surface area contributed by atoms with Gasteiger partial charge in [-0.3, -0.25) is 4.68 Å². The number of aryl methyl sites for hydroxylation is 2. The maximum absolute atomic E-state index is 11.8. The van der Waals surface area contributed by atoms with Gasteiger partial charge in [-0.1, -0.05) is 30.3 Å². The third kappa shape index (κ3) is 4.39. The first-order valence-electron chi connectivity index (χ1n) is 8.72. The van der Waals surface area contributed by atoms with Crippen molar-refractivity contribution < 1.29 is 9.53 Å². The summed E-state index contributed by atoms with van der Waals surface area (Å²) in [6, 6.07) is 10.3. The number of carbonyl (C=O) groups excluding carboxylic acids is 1. The van der Waals surface area contributed by atoms with E-state index in [1.165, 1.54) is 11.3 Å². The van der Waals surface area contributed by atoms with E-state index in [4.69, 9.17) is 4.74 Å². The largest absolute Gasteiger partial charge is 0.445 e. The highest BCUT2D eigenvalue weighted by Gasteiger charge is 2.30. The molecule has 2 aromatic rings. The fraction of sp³-hybridized carbons (Fsp3) is 0.474. The van der Waals surface area contributed by atoms with Crippen molar-refractivity contribution in [2.75, 3.05) is 0 Å². The summed E-state index contributed by atoms with van der Waals surface area (Å²) < 4.78 is 7.17. The van der Waals surface area contributed by atoms with E-state index < -0.39 is 0 Å². The lowest BCUT2D eigenvalue weighted by atomic mass is 9.86. The second-order valence-electron chi connectivity index (χ2n) is 6.73. The molecule has 1 amide bonds. The minimum absolute atomic E-state index is 0.192. The molecule has 1 fully saturated rings. The molecule has 0 aliphatic heterocycles. The molecule has 0 unspecified atom stereocenters. The molecule has 1 aromatic heterocycles. The smallest absolute Gasteiger partial charge is 0.407 e. The average molecular weight is 342 g/mol. The molecule has 134 valence electrons. The number of benzene rings is 1. The normalized spacial score (nSPS) is 19.3. The summed E-state index contributed by atoms with van der Waals surface area (Å²) in [6.07, 6.45) is 1.52. The van der Waals surface area contributed by atoms with Crippen molar-refractivity contribution in [1.82, 2.24) is 20.4 Å². The van der Waals surface area contributed by atoms with Gasteiger partial charge in [-0.25, -0.2) is 4.79 Å². The number of ether oxygens (including phenoxy) is 1. The molecule has 0 spiro atoms. The van der Waals surface area contributed by atoms with E-state index >= 15 is 0 Å². The van der Waals surface area contributed by atoms with Crippen LogP contribution >= 0.6 is 0 Å². The second kappa shape index (κ2) is 7.70. The molecule has 1 aromatic carbocycles. The first-order valence-corrected chi connectivity index (χ1v) is 8.72. The summed E-state index contributed by atoms with van der Waals surface area (Å²) in [5.41, 5.74) is 4.53. The quantitative estimate of drug-likeness (QED) is 0.847. The predicted molar refractivity (Wildman–Crippen MR) is 96.1 cm³/mol. The van der Waals surface area contributed by atoms with Crippen LogP contribution in [0.3, 0.4) is 0 Å². The van der Waals surface area contributed by atoms with Crippen LogP contribution in [0.4, 0.5) is 4.79 Å². The van der Waals surface area contributed by atoms with Gasteiger partial charge in [-0.2, -0.15) is 5.10 Å². The molecule has 6 heteroatoms. The lowest BCUT2D eigenvalue weighted by Crippen LogP contribution is -2.52. The summed E-state index contributed by atoms with van der Waals surface area (Å²) >= 11 is 0. The maximum Gasteiger partial charge on any atom is 0.407 e. The van der Waals surface area contributed by atoms with Crippen molar-refractivity contribution in [2.45, 2.75) is 51.9 Å². The van der Waals surface area contributed by atoms with E-state index in [9.17, 15) is 4.79 Å². The molecular formula is C19H26N4O2. The van der Waals surface area contributed by atoms with E-state index in [2.05, 4.69) is 22.7 Å². The topological polar surface area (TPSA) is 68.2 Å². The van der Waals surface area contributed by atoms with Crippen LogP contribution in [0.25, 0.3) is 0 Å². The van der Waals surface area contributed by atoms with Crippen LogP contribution in [0.15, 0.2) is 30.3 Å². The lowest BCUT2D eigenvalue weighted by molar-refractivity contribution is 0.125. The average Bonchev–Trinajstić information content (AvgIpc) is 2.81. The minimum Gasteiger partial charge on any atom is -0.445 e. The van der Waals surface area contributed by atoms with E-state index in [0.29, 0.717) is 12.6 Å². The number of nitrogens with zero attached hydrogens (tertiary/aromatic N) is 2. The molecule has 0 atom stereocenters. The van der Waals surface area contributed by atoms with Crippen LogP contribution in [0.1, 0.15) is 35.4 Å². The molecule has 2 N–H and O–H groups in total. The van der Waals surface area contributed by atoms with Crippen LogP contribution < -0.4 is 10.6 Å². The van der Waals surface area contributed by atoms with E-state index in [-0.39, 0.29) is 12.1 Å². The molecule has 1 aliphatic rings. The summed E-state index contributed by atoms with van der Waals surface area (Å²) in [5.74, 6) is 0. The van der Waals surface area contributed by atoms with Gasteiger partial charge >= 0.3 is 6.09 Å². The fourth-order valence-corrected chi connectivity index (χ4v) is 3.15. The summed E-state index contributed by atoms with van der Waals surface area (Å²) in [4.78, 5) is 11.8. The summed E-state index contributed by atoms with van der Waals surface area (Å²) in [5, 5.41) is 10.9. The van der Waals surface area contributed by atoms with Crippen molar-refractivity contribution in [3.8, 4) is 0 Å². The highest BCUT2D eigenvalue weighted by molar-refractivity contribution is 5.67. The fourth-order valence-electron chi connectivity index (χ4n) is 3.15. The molecule has 6 nitrogen and oxygen atoms in total. The zero-order chi connectivity index (χ0) is 17.8. The van der Waals surface area contributed by atoms with Gasteiger partial charge in [0, 0.05) is 36.9 Å². The molecule has 25 heavy (non-hydrogen) atoms. The van der Waals surface area contributed by atoms with Crippen molar-refractivity contribution >= 4 is 6.09 Å². The SMILES string of the molecule is Cc1nn(C)c(C)c1CNC1CC(NC(=O)OCc2ccccc2)C1. The molecule has 1 heterocycles. The van der Waals surface area contributed by atoms with E-state index in [1.54, 1.807) is 0 Å². The number of carbonyl (C=O) groups is 1. The standard InChI is InChI=1S/C19H26N4O2/c1-13-18(14(2)23(3)22-13)11-20-16-9-17(10-16)21-19(24)25-12-15-7-5-4-6-8-15/h4-8,16-17,20H,9-12H2,1-3H3,(H,21,24). The van der Waals surface area contributed by atoms with Crippen LogP contribution in [0.5, 0.6) is 0 Å². The Hall–Kier alpha value is -2.34. The Balaban J connectivity index is 1.34. The van der Waals surface area contributed by atoms with Gasteiger partial charge in [0.2, 0.25) is 0 Å². The van der Waals surface area contributed by atoms with Crippen molar-refractivity contribution in [2.24, 2.45) is 7.05 Å². The van der Waals surface area contributed by atoms with Crippen molar-refractivity contribution in [3.05, 3.63) is 52.8 Å². The Morgan fingerprint density at radius 1 is 1.24 bits per heavy atom.